The second kappa shape index (κ2) is 10.5. The molecule has 4 aliphatic heterocycles. The number of hydrogen-bond donors (Lipinski definition) is 1. The van der Waals surface area contributed by atoms with Crippen molar-refractivity contribution in [2.24, 2.45) is 0 Å². The van der Waals surface area contributed by atoms with Gasteiger partial charge in [0, 0.05) is 77.5 Å². The van der Waals surface area contributed by atoms with Crippen LogP contribution in [0.1, 0.15) is 32.2 Å². The van der Waals surface area contributed by atoms with Crippen LogP contribution in [0.2, 0.25) is 5.02 Å². The van der Waals surface area contributed by atoms with Crippen molar-refractivity contribution in [2.45, 2.75) is 55.3 Å². The molecule has 0 radical (unpaired) electrons. The number of likely N-dealkylation sites (tertiary alicyclic amines) is 1. The molecule has 0 saturated carbocycles. The molecule has 1 N–H and O–H groups in total. The molecule has 4 atom stereocenters. The fraction of sp³-hybridized carbons (Fsp3) is 0.517. The van der Waals surface area contributed by atoms with Gasteiger partial charge < -0.3 is 15.0 Å². The SMILES string of the molecule is C[C@H]1CNCCN1c1nc(=O)n2c3c(c(-c4ccc(F)cc4F)c(Cl)cc13)SC[C@H]2CCCN1C[C@@H]2C[C@H]1CO2. The summed E-state index contributed by atoms with van der Waals surface area (Å²) in [5.41, 5.74) is 1.19. The molecular weight excluding hydrogens is 556 g/mol. The number of nitrogens with zero attached hydrogens (tertiary/aromatic N) is 4. The first-order valence-electron chi connectivity index (χ1n) is 14.1. The molecule has 212 valence electrons. The van der Waals surface area contributed by atoms with Crippen LogP contribution in [0.4, 0.5) is 14.6 Å². The minimum Gasteiger partial charge on any atom is -0.375 e. The van der Waals surface area contributed by atoms with Crippen LogP contribution in [0.15, 0.2) is 34.0 Å². The van der Waals surface area contributed by atoms with Crippen molar-refractivity contribution in [1.82, 2.24) is 19.8 Å². The third-order valence-electron chi connectivity index (χ3n) is 8.85. The van der Waals surface area contributed by atoms with E-state index in [0.717, 1.165) is 73.9 Å². The van der Waals surface area contributed by atoms with E-state index in [4.69, 9.17) is 16.3 Å². The van der Waals surface area contributed by atoms with Crippen molar-refractivity contribution < 1.29 is 13.5 Å². The summed E-state index contributed by atoms with van der Waals surface area (Å²) in [6.45, 7) is 7.18. The molecule has 40 heavy (non-hydrogen) atoms. The number of fused-ring (bicyclic) bond motifs is 2. The van der Waals surface area contributed by atoms with Gasteiger partial charge in [-0.15, -0.1) is 11.8 Å². The number of aromatic nitrogens is 2. The molecule has 2 bridgehead atoms. The number of hydrogen-bond acceptors (Lipinski definition) is 7. The summed E-state index contributed by atoms with van der Waals surface area (Å²) in [5.74, 6) is -0.0523. The van der Waals surface area contributed by atoms with E-state index in [9.17, 15) is 9.18 Å². The van der Waals surface area contributed by atoms with Crippen LogP contribution in [0.25, 0.3) is 22.0 Å². The fourth-order valence-electron chi connectivity index (χ4n) is 6.87. The van der Waals surface area contributed by atoms with E-state index in [2.05, 4.69) is 27.0 Å². The Kier molecular flexibility index (Phi) is 7.03. The summed E-state index contributed by atoms with van der Waals surface area (Å²) in [6, 6.07) is 5.97. The quantitative estimate of drug-likeness (QED) is 0.449. The maximum Gasteiger partial charge on any atom is 0.350 e. The average Bonchev–Trinajstić information content (AvgIpc) is 3.56. The van der Waals surface area contributed by atoms with Gasteiger partial charge in [0.15, 0.2) is 0 Å². The summed E-state index contributed by atoms with van der Waals surface area (Å²) in [6.07, 6.45) is 3.28. The van der Waals surface area contributed by atoms with Crippen molar-refractivity contribution in [2.75, 3.05) is 50.0 Å². The van der Waals surface area contributed by atoms with Gasteiger partial charge in [0.25, 0.3) is 0 Å². The molecule has 5 heterocycles. The highest BCUT2D eigenvalue weighted by Gasteiger charge is 2.39. The van der Waals surface area contributed by atoms with Crippen LogP contribution >= 0.6 is 23.4 Å². The van der Waals surface area contributed by atoms with Crippen LogP contribution in [0.3, 0.4) is 0 Å². The predicted molar refractivity (Wildman–Crippen MR) is 155 cm³/mol. The zero-order chi connectivity index (χ0) is 27.5. The lowest BCUT2D eigenvalue weighted by Crippen LogP contribution is -2.51. The van der Waals surface area contributed by atoms with Crippen molar-refractivity contribution in [3.8, 4) is 11.1 Å². The molecule has 7 rings (SSSR count). The summed E-state index contributed by atoms with van der Waals surface area (Å²) in [7, 11) is 0. The number of ether oxygens (including phenoxy) is 1. The van der Waals surface area contributed by atoms with Gasteiger partial charge in [-0.3, -0.25) is 9.47 Å². The van der Waals surface area contributed by atoms with Crippen molar-refractivity contribution >= 4 is 40.1 Å². The zero-order valence-electron chi connectivity index (χ0n) is 22.3. The van der Waals surface area contributed by atoms with Crippen LogP contribution < -0.4 is 15.9 Å². The summed E-state index contributed by atoms with van der Waals surface area (Å²) in [5, 5.41) is 4.55. The Balaban J connectivity index is 1.33. The van der Waals surface area contributed by atoms with Crippen LogP contribution in [-0.4, -0.2) is 77.7 Å². The highest BCUT2D eigenvalue weighted by Crippen LogP contribution is 2.48. The molecule has 3 aromatic rings. The zero-order valence-corrected chi connectivity index (χ0v) is 23.9. The average molecular weight is 588 g/mol. The normalized spacial score (nSPS) is 26.2. The van der Waals surface area contributed by atoms with E-state index >= 15 is 4.39 Å². The minimum absolute atomic E-state index is 0.0439. The van der Waals surface area contributed by atoms with Crippen molar-refractivity contribution in [3.63, 3.8) is 0 Å². The molecule has 2 aromatic carbocycles. The first-order chi connectivity index (χ1) is 19.4. The first kappa shape index (κ1) is 26.6. The first-order valence-corrected chi connectivity index (χ1v) is 15.5. The molecule has 0 unspecified atom stereocenters. The fourth-order valence-corrected chi connectivity index (χ4v) is 8.62. The van der Waals surface area contributed by atoms with E-state index in [1.54, 1.807) is 11.8 Å². The monoisotopic (exact) mass is 587 g/mol. The smallest absolute Gasteiger partial charge is 0.350 e. The second-order valence-electron chi connectivity index (χ2n) is 11.4. The maximum atomic E-state index is 15.1. The van der Waals surface area contributed by atoms with Crippen LogP contribution in [0.5, 0.6) is 0 Å². The largest absolute Gasteiger partial charge is 0.375 e. The van der Waals surface area contributed by atoms with Crippen molar-refractivity contribution in [1.29, 1.82) is 0 Å². The van der Waals surface area contributed by atoms with Gasteiger partial charge in [0.2, 0.25) is 0 Å². The van der Waals surface area contributed by atoms with Gasteiger partial charge in [-0.1, -0.05) is 11.6 Å². The van der Waals surface area contributed by atoms with E-state index < -0.39 is 11.6 Å². The topological polar surface area (TPSA) is 62.6 Å². The number of thioether (sulfide) groups is 1. The Morgan fingerprint density at radius 3 is 2.90 bits per heavy atom. The number of rotatable bonds is 6. The van der Waals surface area contributed by atoms with E-state index in [-0.39, 0.29) is 23.3 Å². The Morgan fingerprint density at radius 1 is 1.27 bits per heavy atom. The van der Waals surface area contributed by atoms with E-state index in [1.165, 1.54) is 12.1 Å². The molecule has 7 nitrogen and oxygen atoms in total. The predicted octanol–water partition coefficient (Wildman–Crippen LogP) is 4.69. The Hall–Kier alpha value is -2.24. The standard InChI is InChI=1S/C29H32ClF2N5O2S/c1-16-12-33-6-8-36(16)28-22-11-23(30)25(21-5-4-17(31)9-24(21)32)27-26(22)37(29(38)34-28)18(15-40-27)3-2-7-35-13-20-10-19(35)14-39-20/h4-5,9,11,16,18-20,33H,2-3,6-8,10,12-15H2,1H3/t16-,18+,19-,20-/m0/s1. The van der Waals surface area contributed by atoms with E-state index in [1.807, 2.05) is 10.6 Å². The molecule has 0 amide bonds. The molecule has 3 saturated heterocycles. The number of benzene rings is 2. The van der Waals surface area contributed by atoms with Gasteiger partial charge in [-0.25, -0.2) is 13.6 Å². The van der Waals surface area contributed by atoms with Crippen LogP contribution in [0, 0.1) is 11.6 Å². The van der Waals surface area contributed by atoms with Gasteiger partial charge in [0.1, 0.15) is 17.5 Å². The third kappa shape index (κ3) is 4.52. The lowest BCUT2D eigenvalue weighted by atomic mass is 10.0. The number of halogens is 3. The maximum absolute atomic E-state index is 15.1. The van der Waals surface area contributed by atoms with Gasteiger partial charge in [0.05, 0.1) is 23.3 Å². The Morgan fingerprint density at radius 2 is 2.15 bits per heavy atom. The van der Waals surface area contributed by atoms with Gasteiger partial charge in [-0.05, 0) is 50.9 Å². The highest BCUT2D eigenvalue weighted by molar-refractivity contribution is 7.99. The highest BCUT2D eigenvalue weighted by atomic mass is 35.5. The summed E-state index contributed by atoms with van der Waals surface area (Å²) >= 11 is 8.49. The Bertz CT molecular complexity index is 1540. The molecule has 1 aromatic heterocycles. The van der Waals surface area contributed by atoms with Crippen LogP contribution in [-0.2, 0) is 4.74 Å². The molecule has 0 spiro atoms. The van der Waals surface area contributed by atoms with Crippen molar-refractivity contribution in [3.05, 3.63) is 51.4 Å². The van der Waals surface area contributed by atoms with Gasteiger partial charge in [-0.2, -0.15) is 4.98 Å². The van der Waals surface area contributed by atoms with E-state index in [0.29, 0.717) is 40.8 Å². The number of piperazine rings is 1. The van der Waals surface area contributed by atoms with Gasteiger partial charge >= 0.3 is 5.69 Å². The Labute approximate surface area is 240 Å². The second-order valence-corrected chi connectivity index (χ2v) is 12.8. The number of anilines is 1. The summed E-state index contributed by atoms with van der Waals surface area (Å²) < 4.78 is 36.5. The molecule has 0 aliphatic carbocycles. The summed E-state index contributed by atoms with van der Waals surface area (Å²) in [4.78, 5) is 23.9. The lowest BCUT2D eigenvalue weighted by molar-refractivity contribution is 0.0297. The number of morpholine rings is 1. The minimum atomic E-state index is -0.678. The number of nitrogens with one attached hydrogen (secondary N) is 1. The third-order valence-corrected chi connectivity index (χ3v) is 10.4. The molecule has 4 aliphatic rings. The lowest BCUT2D eigenvalue weighted by Gasteiger charge is -2.37. The molecule has 3 fully saturated rings. The molecule has 11 heteroatoms. The molecular formula is C29H32ClF2N5O2S.